The average Bonchev–Trinajstić information content (AvgIpc) is 3.02. The van der Waals surface area contributed by atoms with E-state index in [0.717, 1.165) is 30.9 Å². The lowest BCUT2D eigenvalue weighted by atomic mass is 10.1. The van der Waals surface area contributed by atoms with Crippen molar-refractivity contribution < 1.29 is 13.9 Å². The summed E-state index contributed by atoms with van der Waals surface area (Å²) in [5.41, 5.74) is 1.81. The number of ether oxygens (including phenoxy) is 1. The summed E-state index contributed by atoms with van der Waals surface area (Å²) >= 11 is 0. The SMILES string of the molecule is CN1CCOC(c2cccc(NC(=O)c3ccco3)c2)C1. The van der Waals surface area contributed by atoms with E-state index >= 15 is 0 Å². The summed E-state index contributed by atoms with van der Waals surface area (Å²) in [5, 5.41) is 2.83. The van der Waals surface area contributed by atoms with Gasteiger partial charge >= 0.3 is 0 Å². The molecular formula is C16H18N2O3. The van der Waals surface area contributed by atoms with Gasteiger partial charge in [-0.05, 0) is 36.9 Å². The molecule has 1 aliphatic heterocycles. The van der Waals surface area contributed by atoms with E-state index in [0.29, 0.717) is 5.76 Å². The van der Waals surface area contributed by atoms with Crippen molar-refractivity contribution in [2.24, 2.45) is 0 Å². The van der Waals surface area contributed by atoms with Crippen molar-refractivity contribution in [3.8, 4) is 0 Å². The molecule has 1 fully saturated rings. The Bertz CT molecular complexity index is 610. The van der Waals surface area contributed by atoms with E-state index in [4.69, 9.17) is 9.15 Å². The van der Waals surface area contributed by atoms with E-state index in [9.17, 15) is 4.79 Å². The first-order valence-corrected chi connectivity index (χ1v) is 6.97. The number of carbonyl (C=O) groups excluding carboxylic acids is 1. The second-order valence-electron chi connectivity index (χ2n) is 5.18. The van der Waals surface area contributed by atoms with Crippen LogP contribution >= 0.6 is 0 Å². The second-order valence-corrected chi connectivity index (χ2v) is 5.18. The van der Waals surface area contributed by atoms with Crippen LogP contribution in [0, 0.1) is 0 Å². The third-order valence-corrected chi connectivity index (χ3v) is 3.53. The number of nitrogens with one attached hydrogen (secondary N) is 1. The molecular weight excluding hydrogens is 268 g/mol. The molecule has 0 bridgehead atoms. The van der Waals surface area contributed by atoms with Gasteiger partial charge in [-0.2, -0.15) is 0 Å². The number of hydrogen-bond acceptors (Lipinski definition) is 4. The highest BCUT2D eigenvalue weighted by atomic mass is 16.5. The maximum Gasteiger partial charge on any atom is 0.291 e. The number of carbonyl (C=O) groups is 1. The fourth-order valence-electron chi connectivity index (χ4n) is 2.40. The Hall–Kier alpha value is -2.11. The molecule has 1 aliphatic rings. The van der Waals surface area contributed by atoms with Crippen molar-refractivity contribution >= 4 is 11.6 Å². The minimum absolute atomic E-state index is 0.0456. The molecule has 110 valence electrons. The molecule has 3 rings (SSSR count). The lowest BCUT2D eigenvalue weighted by Crippen LogP contribution is -2.35. The van der Waals surface area contributed by atoms with E-state index in [-0.39, 0.29) is 12.0 Å². The number of furan rings is 1. The first-order valence-electron chi connectivity index (χ1n) is 6.97. The average molecular weight is 286 g/mol. The van der Waals surface area contributed by atoms with Crippen molar-refractivity contribution in [2.45, 2.75) is 6.10 Å². The molecule has 1 aromatic carbocycles. The number of nitrogens with zero attached hydrogens (tertiary/aromatic N) is 1. The van der Waals surface area contributed by atoms with Crippen molar-refractivity contribution in [2.75, 3.05) is 32.1 Å². The highest BCUT2D eigenvalue weighted by Gasteiger charge is 2.20. The molecule has 2 aromatic rings. The van der Waals surface area contributed by atoms with Crippen LogP contribution in [-0.2, 0) is 4.74 Å². The Morgan fingerprint density at radius 2 is 2.24 bits per heavy atom. The highest BCUT2D eigenvalue weighted by molar-refractivity contribution is 6.02. The molecule has 0 aliphatic carbocycles. The summed E-state index contributed by atoms with van der Waals surface area (Å²) in [6.07, 6.45) is 1.53. The quantitative estimate of drug-likeness (QED) is 0.942. The third kappa shape index (κ3) is 3.32. The van der Waals surface area contributed by atoms with Gasteiger partial charge in [-0.3, -0.25) is 4.79 Å². The van der Waals surface area contributed by atoms with Crippen molar-refractivity contribution in [1.82, 2.24) is 4.90 Å². The van der Waals surface area contributed by atoms with Gasteiger partial charge < -0.3 is 19.4 Å². The lowest BCUT2D eigenvalue weighted by molar-refractivity contribution is -0.0208. The monoisotopic (exact) mass is 286 g/mol. The van der Waals surface area contributed by atoms with Gasteiger partial charge in [-0.15, -0.1) is 0 Å². The van der Waals surface area contributed by atoms with Crippen LogP contribution in [0.25, 0.3) is 0 Å². The second kappa shape index (κ2) is 6.11. The minimum Gasteiger partial charge on any atom is -0.459 e. The molecule has 21 heavy (non-hydrogen) atoms. The van der Waals surface area contributed by atoms with Crippen LogP contribution in [0.4, 0.5) is 5.69 Å². The van der Waals surface area contributed by atoms with Crippen molar-refractivity contribution in [3.63, 3.8) is 0 Å². The summed E-state index contributed by atoms with van der Waals surface area (Å²) in [6.45, 7) is 2.53. The van der Waals surface area contributed by atoms with E-state index in [1.807, 2.05) is 24.3 Å². The molecule has 1 N–H and O–H groups in total. The number of rotatable bonds is 3. The molecule has 1 aromatic heterocycles. The van der Waals surface area contributed by atoms with Crippen LogP contribution < -0.4 is 5.32 Å². The Morgan fingerprint density at radius 1 is 1.33 bits per heavy atom. The molecule has 1 saturated heterocycles. The zero-order valence-corrected chi connectivity index (χ0v) is 11.9. The van der Waals surface area contributed by atoms with E-state index < -0.39 is 0 Å². The van der Waals surface area contributed by atoms with Crippen LogP contribution in [0.15, 0.2) is 47.1 Å². The largest absolute Gasteiger partial charge is 0.459 e. The summed E-state index contributed by atoms with van der Waals surface area (Å²) in [5.74, 6) is 0.0490. The molecule has 5 heteroatoms. The van der Waals surface area contributed by atoms with Gasteiger partial charge in [0.25, 0.3) is 5.91 Å². The van der Waals surface area contributed by atoms with Crippen molar-refractivity contribution in [1.29, 1.82) is 0 Å². The normalized spacial score (nSPS) is 19.4. The van der Waals surface area contributed by atoms with Crippen LogP contribution in [0.2, 0.25) is 0 Å². The summed E-state index contributed by atoms with van der Waals surface area (Å²) in [7, 11) is 2.08. The number of morpholine rings is 1. The first-order chi connectivity index (χ1) is 10.2. The Balaban J connectivity index is 1.72. The Kier molecular flexibility index (Phi) is 4.03. The molecule has 1 atom stereocenters. The zero-order valence-electron chi connectivity index (χ0n) is 11.9. The highest BCUT2D eigenvalue weighted by Crippen LogP contribution is 2.24. The van der Waals surface area contributed by atoms with E-state index in [2.05, 4.69) is 17.3 Å². The minimum atomic E-state index is -0.251. The van der Waals surface area contributed by atoms with Crippen LogP contribution in [0.1, 0.15) is 22.2 Å². The number of amides is 1. The zero-order chi connectivity index (χ0) is 14.7. The molecule has 0 radical (unpaired) electrons. The molecule has 1 unspecified atom stereocenters. The van der Waals surface area contributed by atoms with Gasteiger partial charge in [0, 0.05) is 18.8 Å². The molecule has 0 saturated carbocycles. The van der Waals surface area contributed by atoms with Crippen molar-refractivity contribution in [3.05, 3.63) is 54.0 Å². The van der Waals surface area contributed by atoms with Gasteiger partial charge in [-0.25, -0.2) is 0 Å². The first kappa shape index (κ1) is 13.9. The lowest BCUT2D eigenvalue weighted by Gasteiger charge is -2.30. The number of likely N-dealkylation sites (N-methyl/N-ethyl adjacent to an activating group) is 1. The van der Waals surface area contributed by atoms with Crippen LogP contribution in [0.3, 0.4) is 0 Å². The molecule has 5 nitrogen and oxygen atoms in total. The maximum absolute atomic E-state index is 12.0. The van der Waals surface area contributed by atoms with Gasteiger partial charge in [0.15, 0.2) is 5.76 Å². The van der Waals surface area contributed by atoms with Crippen LogP contribution in [-0.4, -0.2) is 37.6 Å². The van der Waals surface area contributed by atoms with E-state index in [1.54, 1.807) is 12.1 Å². The number of anilines is 1. The van der Waals surface area contributed by atoms with Crippen LogP contribution in [0.5, 0.6) is 0 Å². The summed E-state index contributed by atoms with van der Waals surface area (Å²) in [6, 6.07) is 11.1. The fourth-order valence-corrected chi connectivity index (χ4v) is 2.40. The standard InChI is InChI=1S/C16H18N2O3/c1-18-7-9-21-15(11-18)12-4-2-5-13(10-12)17-16(19)14-6-3-8-20-14/h2-6,8,10,15H,7,9,11H2,1H3,(H,17,19). The maximum atomic E-state index is 12.0. The summed E-state index contributed by atoms with van der Waals surface area (Å²) in [4.78, 5) is 14.2. The predicted octanol–water partition coefficient (Wildman–Crippen LogP) is 2.54. The third-order valence-electron chi connectivity index (χ3n) is 3.53. The van der Waals surface area contributed by atoms with Gasteiger partial charge in [0.2, 0.25) is 0 Å². The topological polar surface area (TPSA) is 54.7 Å². The van der Waals surface area contributed by atoms with Gasteiger partial charge in [0.1, 0.15) is 0 Å². The number of benzene rings is 1. The molecule has 0 spiro atoms. The van der Waals surface area contributed by atoms with Gasteiger partial charge in [-0.1, -0.05) is 12.1 Å². The Labute approximate surface area is 123 Å². The molecule has 1 amide bonds. The van der Waals surface area contributed by atoms with Gasteiger partial charge in [0.05, 0.1) is 19.0 Å². The summed E-state index contributed by atoms with van der Waals surface area (Å²) < 4.78 is 10.9. The predicted molar refractivity (Wildman–Crippen MR) is 79.3 cm³/mol. The smallest absolute Gasteiger partial charge is 0.291 e. The number of hydrogen-bond donors (Lipinski definition) is 1. The van der Waals surface area contributed by atoms with E-state index in [1.165, 1.54) is 6.26 Å². The fraction of sp³-hybridized carbons (Fsp3) is 0.312. The molecule has 2 heterocycles. The Morgan fingerprint density at radius 3 is 3.00 bits per heavy atom.